The highest BCUT2D eigenvalue weighted by molar-refractivity contribution is 5.93. The SMILES string of the molecule is CNCCC(=O)Nc1ccc2c(c1)nc1n2CCCCC1.Cl.Cl. The molecule has 0 atom stereocenters. The number of aryl methyl sites for hydroxylation is 2. The molecule has 0 radical (unpaired) electrons. The number of carbonyl (C=O) groups excluding carboxylic acids is 1. The lowest BCUT2D eigenvalue weighted by Gasteiger charge is -2.06. The Balaban J connectivity index is 0.00000132. The number of nitrogens with one attached hydrogen (secondary N) is 2. The zero-order valence-corrected chi connectivity index (χ0v) is 14.9. The first kappa shape index (κ1) is 19.7. The fraction of sp³-hybridized carbons (Fsp3) is 0.500. The van der Waals surface area contributed by atoms with E-state index in [-0.39, 0.29) is 30.7 Å². The second-order valence-corrected chi connectivity index (χ2v) is 5.60. The Hall–Kier alpha value is -1.30. The van der Waals surface area contributed by atoms with Gasteiger partial charge in [-0.3, -0.25) is 4.79 Å². The fourth-order valence-electron chi connectivity index (χ4n) is 2.89. The van der Waals surface area contributed by atoms with Gasteiger partial charge in [0.15, 0.2) is 0 Å². The van der Waals surface area contributed by atoms with Crippen LogP contribution < -0.4 is 10.6 Å². The van der Waals surface area contributed by atoms with Crippen molar-refractivity contribution in [3.8, 4) is 0 Å². The van der Waals surface area contributed by atoms with E-state index in [2.05, 4.69) is 21.3 Å². The van der Waals surface area contributed by atoms with Crippen molar-refractivity contribution in [2.24, 2.45) is 0 Å². The van der Waals surface area contributed by atoms with Crippen LogP contribution in [0.2, 0.25) is 0 Å². The summed E-state index contributed by atoms with van der Waals surface area (Å²) in [5.74, 6) is 1.21. The third kappa shape index (κ3) is 4.59. The van der Waals surface area contributed by atoms with E-state index >= 15 is 0 Å². The first-order valence-corrected chi connectivity index (χ1v) is 7.71. The molecule has 0 fully saturated rings. The van der Waals surface area contributed by atoms with Crippen LogP contribution in [0.3, 0.4) is 0 Å². The molecule has 0 aliphatic carbocycles. The molecule has 128 valence electrons. The van der Waals surface area contributed by atoms with E-state index in [1.165, 1.54) is 30.6 Å². The first-order chi connectivity index (χ1) is 10.3. The molecular weight excluding hydrogens is 335 g/mol. The summed E-state index contributed by atoms with van der Waals surface area (Å²) in [5.41, 5.74) is 3.00. The van der Waals surface area contributed by atoms with Crippen LogP contribution in [-0.4, -0.2) is 29.1 Å². The predicted octanol–water partition coefficient (Wildman–Crippen LogP) is 3.15. The minimum absolute atomic E-state index is 0. The molecule has 0 unspecified atom stereocenters. The number of anilines is 1. The normalized spacial score (nSPS) is 13.4. The number of aromatic nitrogens is 2. The van der Waals surface area contributed by atoms with Crippen molar-refractivity contribution < 1.29 is 4.79 Å². The fourth-order valence-corrected chi connectivity index (χ4v) is 2.89. The molecule has 23 heavy (non-hydrogen) atoms. The van der Waals surface area contributed by atoms with Crippen LogP contribution in [0.1, 0.15) is 31.5 Å². The van der Waals surface area contributed by atoms with Crippen LogP contribution >= 0.6 is 24.8 Å². The molecule has 2 N–H and O–H groups in total. The van der Waals surface area contributed by atoms with Crippen LogP contribution in [0.4, 0.5) is 5.69 Å². The summed E-state index contributed by atoms with van der Waals surface area (Å²) in [4.78, 5) is 16.5. The molecule has 3 rings (SSSR count). The lowest BCUT2D eigenvalue weighted by Crippen LogP contribution is -2.18. The van der Waals surface area contributed by atoms with Crippen LogP contribution in [0.25, 0.3) is 11.0 Å². The largest absolute Gasteiger partial charge is 0.328 e. The third-order valence-corrected chi connectivity index (χ3v) is 4.00. The average molecular weight is 359 g/mol. The number of hydrogen-bond acceptors (Lipinski definition) is 3. The number of amides is 1. The molecule has 5 nitrogen and oxygen atoms in total. The van der Waals surface area contributed by atoms with Gasteiger partial charge in [0.1, 0.15) is 5.82 Å². The van der Waals surface area contributed by atoms with Gasteiger partial charge in [-0.15, -0.1) is 24.8 Å². The molecule has 2 aromatic rings. The highest BCUT2D eigenvalue weighted by Gasteiger charge is 2.14. The van der Waals surface area contributed by atoms with Crippen LogP contribution in [0.5, 0.6) is 0 Å². The predicted molar refractivity (Wildman–Crippen MR) is 99.0 cm³/mol. The van der Waals surface area contributed by atoms with Gasteiger partial charge in [-0.1, -0.05) is 6.42 Å². The third-order valence-electron chi connectivity index (χ3n) is 4.00. The van der Waals surface area contributed by atoms with Gasteiger partial charge in [0.2, 0.25) is 5.91 Å². The summed E-state index contributed by atoms with van der Waals surface area (Å²) in [6.07, 6.45) is 5.26. The second-order valence-electron chi connectivity index (χ2n) is 5.60. The van der Waals surface area contributed by atoms with E-state index in [4.69, 9.17) is 4.98 Å². The monoisotopic (exact) mass is 358 g/mol. The highest BCUT2D eigenvalue weighted by atomic mass is 35.5. The molecule has 1 aliphatic rings. The van der Waals surface area contributed by atoms with Gasteiger partial charge in [-0.2, -0.15) is 0 Å². The first-order valence-electron chi connectivity index (χ1n) is 7.71. The molecule has 1 aromatic carbocycles. The number of hydrogen-bond donors (Lipinski definition) is 2. The summed E-state index contributed by atoms with van der Waals surface area (Å²) in [7, 11) is 1.84. The second kappa shape index (κ2) is 9.11. The lowest BCUT2D eigenvalue weighted by molar-refractivity contribution is -0.116. The van der Waals surface area contributed by atoms with Gasteiger partial charge >= 0.3 is 0 Å². The lowest BCUT2D eigenvalue weighted by atomic mass is 10.2. The van der Waals surface area contributed by atoms with E-state index < -0.39 is 0 Å². The molecule has 2 heterocycles. The molecule has 0 bridgehead atoms. The standard InChI is InChI=1S/C16H22N4O.2ClH/c1-17-9-8-16(21)18-12-6-7-14-13(11-12)19-15-5-3-2-4-10-20(14)15;;/h6-7,11,17H,2-5,8-10H2,1H3,(H,18,21);2*1H. The van der Waals surface area contributed by atoms with E-state index in [0.29, 0.717) is 13.0 Å². The molecule has 1 aromatic heterocycles. The van der Waals surface area contributed by atoms with Crippen LogP contribution in [0, 0.1) is 0 Å². The number of halogens is 2. The van der Waals surface area contributed by atoms with Gasteiger partial charge in [-0.05, 0) is 38.1 Å². The number of nitrogens with zero attached hydrogens (tertiary/aromatic N) is 2. The van der Waals surface area contributed by atoms with E-state index in [0.717, 1.165) is 24.2 Å². The smallest absolute Gasteiger partial charge is 0.225 e. The summed E-state index contributed by atoms with van der Waals surface area (Å²) in [6.45, 7) is 1.74. The molecule has 1 amide bonds. The van der Waals surface area contributed by atoms with Crippen molar-refractivity contribution in [3.05, 3.63) is 24.0 Å². The van der Waals surface area contributed by atoms with Crippen molar-refractivity contribution in [2.75, 3.05) is 18.9 Å². The van der Waals surface area contributed by atoms with Crippen molar-refractivity contribution in [2.45, 2.75) is 38.6 Å². The zero-order valence-electron chi connectivity index (χ0n) is 13.3. The quantitative estimate of drug-likeness (QED) is 0.882. The Labute approximate surface area is 149 Å². The molecular formula is C16H24Cl2N4O. The van der Waals surface area contributed by atoms with Crippen molar-refractivity contribution >= 4 is 47.4 Å². The zero-order chi connectivity index (χ0) is 14.7. The Morgan fingerprint density at radius 3 is 2.87 bits per heavy atom. The molecule has 7 heteroatoms. The van der Waals surface area contributed by atoms with E-state index in [9.17, 15) is 4.79 Å². The molecule has 0 saturated heterocycles. The maximum absolute atomic E-state index is 11.8. The van der Waals surface area contributed by atoms with Crippen LogP contribution in [0.15, 0.2) is 18.2 Å². The maximum Gasteiger partial charge on any atom is 0.225 e. The summed E-state index contributed by atoms with van der Waals surface area (Å²) in [5, 5.41) is 5.91. The van der Waals surface area contributed by atoms with Crippen molar-refractivity contribution in [1.29, 1.82) is 0 Å². The Kier molecular flexibility index (Phi) is 7.82. The highest BCUT2D eigenvalue weighted by Crippen LogP contribution is 2.24. The van der Waals surface area contributed by atoms with E-state index in [1.54, 1.807) is 0 Å². The van der Waals surface area contributed by atoms with Crippen molar-refractivity contribution in [3.63, 3.8) is 0 Å². The Bertz CT molecular complexity index is 657. The number of rotatable bonds is 4. The number of fused-ring (bicyclic) bond motifs is 3. The van der Waals surface area contributed by atoms with Gasteiger partial charge < -0.3 is 15.2 Å². The van der Waals surface area contributed by atoms with Crippen molar-refractivity contribution in [1.82, 2.24) is 14.9 Å². The Morgan fingerprint density at radius 2 is 2.09 bits per heavy atom. The Morgan fingerprint density at radius 1 is 1.26 bits per heavy atom. The van der Waals surface area contributed by atoms with Crippen LogP contribution in [-0.2, 0) is 17.8 Å². The average Bonchev–Trinajstić information content (AvgIpc) is 2.66. The molecule has 0 saturated carbocycles. The van der Waals surface area contributed by atoms with Gasteiger partial charge in [-0.25, -0.2) is 4.98 Å². The minimum atomic E-state index is 0. The minimum Gasteiger partial charge on any atom is -0.328 e. The number of benzene rings is 1. The summed E-state index contributed by atoms with van der Waals surface area (Å²) >= 11 is 0. The number of imidazole rings is 1. The van der Waals surface area contributed by atoms with Gasteiger partial charge in [0.05, 0.1) is 11.0 Å². The maximum atomic E-state index is 11.8. The molecule has 1 aliphatic heterocycles. The number of carbonyl (C=O) groups is 1. The topological polar surface area (TPSA) is 59.0 Å². The summed E-state index contributed by atoms with van der Waals surface area (Å²) < 4.78 is 2.33. The van der Waals surface area contributed by atoms with E-state index in [1.807, 2.05) is 19.2 Å². The van der Waals surface area contributed by atoms with Gasteiger partial charge in [0.25, 0.3) is 0 Å². The molecule has 0 spiro atoms. The summed E-state index contributed by atoms with van der Waals surface area (Å²) in [6, 6.07) is 6.03. The van der Waals surface area contributed by atoms with Gasteiger partial charge in [0, 0.05) is 31.6 Å².